The highest BCUT2D eigenvalue weighted by atomic mass is 16.5. The SMILES string of the molecule is CC(=O)OC1CC(C(=O)O)N(C(=O)C(N)C(C)OC(C)=O)C1. The molecule has 0 aliphatic carbocycles. The third-order valence-corrected chi connectivity index (χ3v) is 3.31. The average molecular weight is 316 g/mol. The van der Waals surface area contributed by atoms with E-state index in [1.165, 1.54) is 20.8 Å². The van der Waals surface area contributed by atoms with E-state index in [0.717, 1.165) is 4.90 Å². The maximum Gasteiger partial charge on any atom is 0.326 e. The number of carbonyl (C=O) groups excluding carboxylic acids is 3. The summed E-state index contributed by atoms with van der Waals surface area (Å²) >= 11 is 0. The monoisotopic (exact) mass is 316 g/mol. The average Bonchev–Trinajstić information content (AvgIpc) is 2.79. The molecule has 1 aliphatic heterocycles. The van der Waals surface area contributed by atoms with Crippen LogP contribution in [0, 0.1) is 0 Å². The van der Waals surface area contributed by atoms with Gasteiger partial charge in [-0.15, -0.1) is 0 Å². The number of carbonyl (C=O) groups is 4. The van der Waals surface area contributed by atoms with Gasteiger partial charge in [0.05, 0.1) is 6.54 Å². The summed E-state index contributed by atoms with van der Waals surface area (Å²) in [4.78, 5) is 46.5. The second-order valence-corrected chi connectivity index (χ2v) is 5.15. The quantitative estimate of drug-likeness (QED) is 0.609. The molecule has 1 fully saturated rings. The molecule has 1 aliphatic rings. The molecular formula is C13H20N2O7. The molecule has 9 nitrogen and oxygen atoms in total. The highest BCUT2D eigenvalue weighted by Crippen LogP contribution is 2.22. The van der Waals surface area contributed by atoms with Gasteiger partial charge < -0.3 is 25.2 Å². The Morgan fingerprint density at radius 3 is 2.27 bits per heavy atom. The number of carboxylic acid groups (broad SMARTS) is 1. The van der Waals surface area contributed by atoms with Crippen LogP contribution in [-0.4, -0.2) is 64.7 Å². The molecule has 1 amide bonds. The van der Waals surface area contributed by atoms with Gasteiger partial charge in [0.25, 0.3) is 0 Å². The number of nitrogens with zero attached hydrogens (tertiary/aromatic N) is 1. The highest BCUT2D eigenvalue weighted by Gasteiger charge is 2.43. The molecule has 0 saturated carbocycles. The lowest BCUT2D eigenvalue weighted by Gasteiger charge is -2.27. The van der Waals surface area contributed by atoms with Gasteiger partial charge in [-0.2, -0.15) is 0 Å². The van der Waals surface area contributed by atoms with Crippen LogP contribution in [-0.2, 0) is 28.7 Å². The standard InChI is InChI=1S/C13H20N2O7/c1-6(21-7(2)16)11(14)12(18)15-5-9(22-8(3)17)4-10(15)13(19)20/h6,9-11H,4-5,14H2,1-3H3,(H,19,20). The van der Waals surface area contributed by atoms with Crippen molar-refractivity contribution < 1.29 is 33.8 Å². The van der Waals surface area contributed by atoms with Crippen molar-refractivity contribution in [2.75, 3.05) is 6.54 Å². The van der Waals surface area contributed by atoms with Gasteiger partial charge in [0.1, 0.15) is 24.3 Å². The van der Waals surface area contributed by atoms with Gasteiger partial charge in [-0.25, -0.2) is 4.79 Å². The van der Waals surface area contributed by atoms with Crippen LogP contribution in [0.1, 0.15) is 27.2 Å². The largest absolute Gasteiger partial charge is 0.480 e. The van der Waals surface area contributed by atoms with Gasteiger partial charge in [0.15, 0.2) is 0 Å². The highest BCUT2D eigenvalue weighted by molar-refractivity contribution is 5.88. The number of hydrogen-bond acceptors (Lipinski definition) is 7. The first-order valence-electron chi connectivity index (χ1n) is 6.76. The van der Waals surface area contributed by atoms with Crippen LogP contribution in [0.3, 0.4) is 0 Å². The van der Waals surface area contributed by atoms with Crippen LogP contribution in [0.5, 0.6) is 0 Å². The summed E-state index contributed by atoms with van der Waals surface area (Å²) in [6.07, 6.45) is -1.60. The summed E-state index contributed by atoms with van der Waals surface area (Å²) in [5.41, 5.74) is 5.73. The number of rotatable bonds is 5. The number of ether oxygens (including phenoxy) is 2. The van der Waals surface area contributed by atoms with Crippen LogP contribution >= 0.6 is 0 Å². The lowest BCUT2D eigenvalue weighted by Crippen LogP contribution is -2.53. The van der Waals surface area contributed by atoms with Gasteiger partial charge >= 0.3 is 17.9 Å². The van der Waals surface area contributed by atoms with Crippen LogP contribution in [0.25, 0.3) is 0 Å². The summed E-state index contributed by atoms with van der Waals surface area (Å²) < 4.78 is 9.79. The van der Waals surface area contributed by atoms with Crippen LogP contribution in [0.2, 0.25) is 0 Å². The zero-order valence-corrected chi connectivity index (χ0v) is 12.6. The number of aliphatic carboxylic acids is 1. The number of amides is 1. The van der Waals surface area contributed by atoms with Crippen molar-refractivity contribution in [2.45, 2.75) is 51.5 Å². The topological polar surface area (TPSA) is 136 Å². The Balaban J connectivity index is 2.82. The van der Waals surface area contributed by atoms with Gasteiger partial charge in [-0.3, -0.25) is 14.4 Å². The Bertz CT molecular complexity index is 479. The molecule has 4 atom stereocenters. The molecule has 1 saturated heterocycles. The Kier molecular flexibility index (Phi) is 5.86. The first-order chi connectivity index (χ1) is 10.1. The third-order valence-electron chi connectivity index (χ3n) is 3.31. The number of likely N-dealkylation sites (tertiary alicyclic amines) is 1. The van der Waals surface area contributed by atoms with E-state index >= 15 is 0 Å². The minimum Gasteiger partial charge on any atom is -0.480 e. The minimum absolute atomic E-state index is 0.00464. The lowest BCUT2D eigenvalue weighted by atomic mass is 10.1. The maximum absolute atomic E-state index is 12.3. The molecule has 9 heteroatoms. The molecule has 0 bridgehead atoms. The van der Waals surface area contributed by atoms with E-state index in [4.69, 9.17) is 15.2 Å². The normalized spacial score (nSPS) is 23.5. The molecule has 22 heavy (non-hydrogen) atoms. The van der Waals surface area contributed by atoms with E-state index < -0.39 is 48.1 Å². The van der Waals surface area contributed by atoms with Crippen LogP contribution < -0.4 is 5.73 Å². The molecule has 0 aromatic rings. The molecule has 4 unspecified atom stereocenters. The molecule has 0 spiro atoms. The Morgan fingerprint density at radius 1 is 1.23 bits per heavy atom. The summed E-state index contributed by atoms with van der Waals surface area (Å²) in [6.45, 7) is 3.77. The molecule has 1 rings (SSSR count). The second-order valence-electron chi connectivity index (χ2n) is 5.15. The van der Waals surface area contributed by atoms with Gasteiger partial charge in [0.2, 0.25) is 5.91 Å². The Morgan fingerprint density at radius 2 is 1.82 bits per heavy atom. The summed E-state index contributed by atoms with van der Waals surface area (Å²) in [5.74, 6) is -3.03. The predicted octanol–water partition coefficient (Wildman–Crippen LogP) is -1.12. The minimum atomic E-state index is -1.21. The zero-order valence-electron chi connectivity index (χ0n) is 12.6. The molecular weight excluding hydrogens is 296 g/mol. The first-order valence-corrected chi connectivity index (χ1v) is 6.76. The van der Waals surface area contributed by atoms with Gasteiger partial charge in [0, 0.05) is 20.3 Å². The first kappa shape index (κ1) is 17.9. The van der Waals surface area contributed by atoms with Crippen LogP contribution in [0.4, 0.5) is 0 Å². The predicted molar refractivity (Wildman–Crippen MR) is 72.5 cm³/mol. The number of hydrogen-bond donors (Lipinski definition) is 2. The fourth-order valence-corrected chi connectivity index (χ4v) is 2.32. The number of carboxylic acids is 1. The summed E-state index contributed by atoms with van der Waals surface area (Å²) in [6, 6.07) is -2.32. The third kappa shape index (κ3) is 4.42. The van der Waals surface area contributed by atoms with Crippen molar-refractivity contribution in [2.24, 2.45) is 5.73 Å². The maximum atomic E-state index is 12.3. The van der Waals surface area contributed by atoms with E-state index in [1.54, 1.807) is 0 Å². The van der Waals surface area contributed by atoms with Crippen molar-refractivity contribution in [3.8, 4) is 0 Å². The molecule has 0 radical (unpaired) electrons. The van der Waals surface area contributed by atoms with Crippen molar-refractivity contribution in [3.63, 3.8) is 0 Å². The summed E-state index contributed by atoms with van der Waals surface area (Å²) in [7, 11) is 0. The second kappa shape index (κ2) is 7.21. The fraction of sp³-hybridized carbons (Fsp3) is 0.692. The van der Waals surface area contributed by atoms with E-state index in [9.17, 15) is 24.3 Å². The van der Waals surface area contributed by atoms with E-state index in [1.807, 2.05) is 0 Å². The number of esters is 2. The van der Waals surface area contributed by atoms with Gasteiger partial charge in [-0.05, 0) is 6.92 Å². The molecule has 1 heterocycles. The van der Waals surface area contributed by atoms with Gasteiger partial charge in [-0.1, -0.05) is 0 Å². The Labute approximate surface area is 127 Å². The van der Waals surface area contributed by atoms with Crippen molar-refractivity contribution >= 4 is 23.8 Å². The zero-order chi connectivity index (χ0) is 17.0. The van der Waals surface area contributed by atoms with E-state index in [-0.39, 0.29) is 13.0 Å². The molecule has 3 N–H and O–H groups in total. The van der Waals surface area contributed by atoms with Crippen molar-refractivity contribution in [1.29, 1.82) is 0 Å². The Hall–Kier alpha value is -2.16. The fourth-order valence-electron chi connectivity index (χ4n) is 2.32. The van der Waals surface area contributed by atoms with Crippen molar-refractivity contribution in [3.05, 3.63) is 0 Å². The number of nitrogens with two attached hydrogens (primary N) is 1. The molecule has 124 valence electrons. The lowest BCUT2D eigenvalue weighted by molar-refractivity contribution is -0.154. The molecule has 0 aromatic carbocycles. The van der Waals surface area contributed by atoms with Crippen LogP contribution in [0.15, 0.2) is 0 Å². The molecule has 0 aromatic heterocycles. The van der Waals surface area contributed by atoms with E-state index in [0.29, 0.717) is 0 Å². The smallest absolute Gasteiger partial charge is 0.326 e. The van der Waals surface area contributed by atoms with E-state index in [2.05, 4.69) is 0 Å². The summed E-state index contributed by atoms with van der Waals surface area (Å²) in [5, 5.41) is 9.19. The van der Waals surface area contributed by atoms with Crippen molar-refractivity contribution in [1.82, 2.24) is 4.90 Å².